The molecule has 3 rings (SSSR count). The maximum absolute atomic E-state index is 4.21. The van der Waals surface area contributed by atoms with Crippen LogP contribution in [0.1, 0.15) is 48.0 Å². The number of nitrogens with one attached hydrogen (secondary N) is 1. The molecule has 0 bridgehead atoms. The molecule has 0 saturated carbocycles. The minimum Gasteiger partial charge on any atom is -0.312 e. The highest BCUT2D eigenvalue weighted by Crippen LogP contribution is 2.37. The van der Waals surface area contributed by atoms with Crippen LogP contribution in [0, 0.1) is 0 Å². The van der Waals surface area contributed by atoms with Gasteiger partial charge in [-0.3, -0.25) is 0 Å². The molecule has 1 aliphatic rings. The van der Waals surface area contributed by atoms with Crippen LogP contribution in [0.15, 0.2) is 29.6 Å². The largest absolute Gasteiger partial charge is 0.312 e. The molecule has 1 aromatic heterocycles. The molecule has 0 radical (unpaired) electrons. The van der Waals surface area contributed by atoms with Crippen LogP contribution in [0.3, 0.4) is 0 Å². The van der Waals surface area contributed by atoms with Crippen molar-refractivity contribution in [3.05, 3.63) is 46.5 Å². The van der Waals surface area contributed by atoms with Gasteiger partial charge in [-0.25, -0.2) is 0 Å². The molecule has 1 aliphatic carbocycles. The number of nitrogens with zero attached hydrogens (tertiary/aromatic N) is 2. The van der Waals surface area contributed by atoms with Crippen LogP contribution >= 0.6 is 11.5 Å². The van der Waals surface area contributed by atoms with Gasteiger partial charge in [-0.15, -0.1) is 5.10 Å². The number of benzene rings is 1. The Kier molecular flexibility index (Phi) is 3.89. The molecule has 2 aromatic rings. The highest BCUT2D eigenvalue weighted by molar-refractivity contribution is 7.03. The summed E-state index contributed by atoms with van der Waals surface area (Å²) in [5.41, 5.74) is 4.15. The Morgan fingerprint density at radius 2 is 2.32 bits per heavy atom. The molecule has 2 atom stereocenters. The molecular weight excluding hydrogens is 254 g/mol. The first-order valence-corrected chi connectivity index (χ1v) is 7.74. The van der Waals surface area contributed by atoms with Crippen LogP contribution in [0.25, 0.3) is 0 Å². The summed E-state index contributed by atoms with van der Waals surface area (Å²) in [4.78, 5) is 0. The average molecular weight is 273 g/mol. The normalized spacial score (nSPS) is 19.9. The van der Waals surface area contributed by atoms with Crippen molar-refractivity contribution in [1.29, 1.82) is 0 Å². The number of rotatable bonds is 4. The molecule has 3 nitrogen and oxygen atoms in total. The van der Waals surface area contributed by atoms with Crippen molar-refractivity contribution in [3.8, 4) is 0 Å². The van der Waals surface area contributed by atoms with E-state index in [1.54, 1.807) is 0 Å². The summed E-state index contributed by atoms with van der Waals surface area (Å²) in [5.74, 6) is 0.643. The Morgan fingerprint density at radius 3 is 3.11 bits per heavy atom. The molecule has 0 fully saturated rings. The minimum absolute atomic E-state index is 0.315. The fourth-order valence-electron chi connectivity index (χ4n) is 3.09. The van der Waals surface area contributed by atoms with Gasteiger partial charge in [0.25, 0.3) is 0 Å². The monoisotopic (exact) mass is 273 g/mol. The van der Waals surface area contributed by atoms with Crippen molar-refractivity contribution in [2.24, 2.45) is 0 Å². The van der Waals surface area contributed by atoms with Gasteiger partial charge in [0.1, 0.15) is 0 Å². The van der Waals surface area contributed by atoms with E-state index in [1.165, 1.54) is 41.9 Å². The van der Waals surface area contributed by atoms with Crippen LogP contribution in [0.4, 0.5) is 0 Å². The molecule has 100 valence electrons. The zero-order valence-corrected chi connectivity index (χ0v) is 12.0. The highest BCUT2D eigenvalue weighted by Gasteiger charge is 2.24. The van der Waals surface area contributed by atoms with E-state index < -0.39 is 0 Å². The van der Waals surface area contributed by atoms with E-state index in [1.807, 2.05) is 7.05 Å². The van der Waals surface area contributed by atoms with Crippen molar-refractivity contribution >= 4 is 11.5 Å². The Morgan fingerprint density at radius 1 is 1.42 bits per heavy atom. The molecule has 0 aliphatic heterocycles. The van der Waals surface area contributed by atoms with E-state index in [2.05, 4.69) is 44.5 Å². The number of fused-ring (bicyclic) bond motifs is 1. The predicted molar refractivity (Wildman–Crippen MR) is 78.4 cm³/mol. The topological polar surface area (TPSA) is 37.8 Å². The van der Waals surface area contributed by atoms with Gasteiger partial charge < -0.3 is 5.32 Å². The number of hydrogen-bond acceptors (Lipinski definition) is 4. The smallest absolute Gasteiger partial charge is 0.0924 e. The summed E-state index contributed by atoms with van der Waals surface area (Å²) in [7, 11) is 2.01. The number of aromatic nitrogens is 2. The summed E-state index contributed by atoms with van der Waals surface area (Å²) in [6.07, 6.45) is 4.92. The van der Waals surface area contributed by atoms with E-state index in [0.717, 1.165) is 12.1 Å². The maximum atomic E-state index is 4.21. The summed E-state index contributed by atoms with van der Waals surface area (Å²) in [5, 5.41) is 9.65. The third kappa shape index (κ3) is 2.69. The van der Waals surface area contributed by atoms with Gasteiger partial charge in [-0.05, 0) is 61.3 Å². The molecule has 0 amide bonds. The maximum Gasteiger partial charge on any atom is 0.0924 e. The first-order chi connectivity index (χ1) is 9.38. The average Bonchev–Trinajstić information content (AvgIpc) is 2.99. The quantitative estimate of drug-likeness (QED) is 0.928. The van der Waals surface area contributed by atoms with E-state index in [9.17, 15) is 0 Å². The van der Waals surface area contributed by atoms with Crippen molar-refractivity contribution in [3.63, 3.8) is 0 Å². The summed E-state index contributed by atoms with van der Waals surface area (Å²) in [6.45, 7) is 0. The lowest BCUT2D eigenvalue weighted by Crippen LogP contribution is -2.21. The van der Waals surface area contributed by atoms with E-state index >= 15 is 0 Å². The van der Waals surface area contributed by atoms with Crippen LogP contribution in [-0.2, 0) is 6.42 Å². The Labute approximate surface area is 118 Å². The highest BCUT2D eigenvalue weighted by atomic mass is 32.1. The standard InChI is InChI=1S/C15H19N3S/c1-16-14(15-10-19-18-17-15)9-12-7-4-6-11-5-2-3-8-13(11)12/h2-3,5,8,10,12,14,16H,4,6-7,9H2,1H3. The molecule has 1 aromatic carbocycles. The zero-order valence-electron chi connectivity index (χ0n) is 11.2. The van der Waals surface area contributed by atoms with Gasteiger partial charge in [0.05, 0.1) is 11.7 Å². The molecule has 1 heterocycles. The van der Waals surface area contributed by atoms with Gasteiger partial charge in [0.2, 0.25) is 0 Å². The molecule has 1 N–H and O–H groups in total. The van der Waals surface area contributed by atoms with Crippen LogP contribution < -0.4 is 5.32 Å². The van der Waals surface area contributed by atoms with Gasteiger partial charge in [0, 0.05) is 5.38 Å². The Bertz CT molecular complexity index is 524. The van der Waals surface area contributed by atoms with E-state index in [4.69, 9.17) is 0 Å². The van der Waals surface area contributed by atoms with Crippen molar-refractivity contribution in [2.45, 2.75) is 37.6 Å². The first kappa shape index (κ1) is 12.8. The Hall–Kier alpha value is -1.26. The Balaban J connectivity index is 1.80. The van der Waals surface area contributed by atoms with Crippen LogP contribution in [0.5, 0.6) is 0 Å². The zero-order chi connectivity index (χ0) is 13.1. The second kappa shape index (κ2) is 5.80. The van der Waals surface area contributed by atoms with E-state index in [-0.39, 0.29) is 0 Å². The lowest BCUT2D eigenvalue weighted by molar-refractivity contribution is 0.433. The molecule has 4 heteroatoms. The van der Waals surface area contributed by atoms with Crippen LogP contribution in [0.2, 0.25) is 0 Å². The van der Waals surface area contributed by atoms with Crippen molar-refractivity contribution < 1.29 is 0 Å². The lowest BCUT2D eigenvalue weighted by atomic mass is 9.79. The molecule has 19 heavy (non-hydrogen) atoms. The summed E-state index contributed by atoms with van der Waals surface area (Å²) in [6, 6.07) is 9.21. The van der Waals surface area contributed by atoms with Gasteiger partial charge >= 0.3 is 0 Å². The van der Waals surface area contributed by atoms with Crippen molar-refractivity contribution in [2.75, 3.05) is 7.05 Å². The molecule has 2 unspecified atom stereocenters. The molecular formula is C15H19N3S. The third-order valence-corrected chi connectivity index (χ3v) is 4.62. The fraction of sp³-hybridized carbons (Fsp3) is 0.467. The van der Waals surface area contributed by atoms with Crippen molar-refractivity contribution in [1.82, 2.24) is 14.9 Å². The number of aryl methyl sites for hydroxylation is 1. The van der Waals surface area contributed by atoms with E-state index in [0.29, 0.717) is 12.0 Å². The van der Waals surface area contributed by atoms with Gasteiger partial charge in [-0.1, -0.05) is 28.8 Å². The lowest BCUT2D eigenvalue weighted by Gasteiger charge is -2.28. The fourth-order valence-corrected chi connectivity index (χ4v) is 3.60. The SMILES string of the molecule is CNC(CC1CCCc2ccccc21)c1csnn1. The number of hydrogen-bond donors (Lipinski definition) is 1. The summed E-state index contributed by atoms with van der Waals surface area (Å²) >= 11 is 1.43. The van der Waals surface area contributed by atoms with Gasteiger partial charge in [-0.2, -0.15) is 0 Å². The minimum atomic E-state index is 0.315. The first-order valence-electron chi connectivity index (χ1n) is 6.90. The summed E-state index contributed by atoms with van der Waals surface area (Å²) < 4.78 is 3.98. The van der Waals surface area contributed by atoms with Crippen LogP contribution in [-0.4, -0.2) is 16.6 Å². The third-order valence-electron chi connectivity index (χ3n) is 4.10. The molecule has 0 saturated heterocycles. The predicted octanol–water partition coefficient (Wildman–Crippen LogP) is 3.31. The second-order valence-electron chi connectivity index (χ2n) is 5.19. The molecule has 0 spiro atoms. The second-order valence-corrected chi connectivity index (χ2v) is 5.80. The van der Waals surface area contributed by atoms with Gasteiger partial charge in [0.15, 0.2) is 0 Å².